The predicted molar refractivity (Wildman–Crippen MR) is 97.3 cm³/mol. The number of hydrogen-bond donors (Lipinski definition) is 1. The third kappa shape index (κ3) is 5.40. The Labute approximate surface area is 156 Å². The molecule has 1 unspecified atom stereocenters. The first-order valence-corrected chi connectivity index (χ1v) is 8.32. The van der Waals surface area contributed by atoms with Crippen molar-refractivity contribution in [2.24, 2.45) is 5.92 Å². The average molecular weight is 376 g/mol. The van der Waals surface area contributed by atoms with Crippen LogP contribution >= 0.6 is 0 Å². The Morgan fingerprint density at radius 1 is 1.22 bits per heavy atom. The lowest BCUT2D eigenvalue weighted by atomic mass is 9.96. The zero-order valence-electron chi connectivity index (χ0n) is 15.3. The third-order valence-electron chi connectivity index (χ3n) is 3.94. The molecule has 0 bridgehead atoms. The SMILES string of the molecule is COc1ccc(C(NC(=O)COc2ccc([N+](=O)[O-])cc2F)C(C)C)cc1. The zero-order valence-corrected chi connectivity index (χ0v) is 15.3. The van der Waals surface area contributed by atoms with Crippen molar-refractivity contribution in [3.8, 4) is 11.5 Å². The van der Waals surface area contributed by atoms with E-state index in [1.165, 1.54) is 0 Å². The Bertz CT molecular complexity index is 808. The van der Waals surface area contributed by atoms with Gasteiger partial charge in [0.25, 0.3) is 11.6 Å². The number of ether oxygens (including phenoxy) is 2. The molecule has 1 atom stereocenters. The molecule has 0 saturated heterocycles. The van der Waals surface area contributed by atoms with Crippen LogP contribution < -0.4 is 14.8 Å². The van der Waals surface area contributed by atoms with E-state index in [1.54, 1.807) is 19.2 Å². The summed E-state index contributed by atoms with van der Waals surface area (Å²) in [6.45, 7) is 3.52. The van der Waals surface area contributed by atoms with Gasteiger partial charge in [0.2, 0.25) is 0 Å². The van der Waals surface area contributed by atoms with Crippen LogP contribution in [0.3, 0.4) is 0 Å². The molecule has 0 aliphatic carbocycles. The van der Waals surface area contributed by atoms with Crippen LogP contribution in [0.1, 0.15) is 25.5 Å². The first-order chi connectivity index (χ1) is 12.8. The smallest absolute Gasteiger partial charge is 0.272 e. The van der Waals surface area contributed by atoms with E-state index in [0.29, 0.717) is 5.75 Å². The van der Waals surface area contributed by atoms with Crippen LogP contribution in [0.25, 0.3) is 0 Å². The molecule has 2 rings (SSSR count). The Kier molecular flexibility index (Phi) is 6.70. The molecule has 144 valence electrons. The van der Waals surface area contributed by atoms with Crippen LogP contribution in [0.15, 0.2) is 42.5 Å². The molecule has 0 heterocycles. The van der Waals surface area contributed by atoms with Crippen molar-refractivity contribution in [2.75, 3.05) is 13.7 Å². The van der Waals surface area contributed by atoms with Crippen LogP contribution in [0.4, 0.5) is 10.1 Å². The molecule has 27 heavy (non-hydrogen) atoms. The molecule has 2 aromatic carbocycles. The number of carbonyl (C=O) groups is 1. The number of nitro benzene ring substituents is 1. The summed E-state index contributed by atoms with van der Waals surface area (Å²) >= 11 is 0. The monoisotopic (exact) mass is 376 g/mol. The number of halogens is 1. The van der Waals surface area contributed by atoms with E-state index in [0.717, 1.165) is 23.8 Å². The van der Waals surface area contributed by atoms with Crippen LogP contribution in [0.2, 0.25) is 0 Å². The number of nitrogens with zero attached hydrogens (tertiary/aromatic N) is 1. The highest BCUT2D eigenvalue weighted by molar-refractivity contribution is 5.78. The maximum absolute atomic E-state index is 13.8. The van der Waals surface area contributed by atoms with E-state index in [9.17, 15) is 19.3 Å². The zero-order chi connectivity index (χ0) is 20.0. The predicted octanol–water partition coefficient (Wildman–Crippen LogP) is 3.63. The second kappa shape index (κ2) is 8.98. The Balaban J connectivity index is 2.00. The fourth-order valence-corrected chi connectivity index (χ4v) is 2.52. The lowest BCUT2D eigenvalue weighted by molar-refractivity contribution is -0.385. The summed E-state index contributed by atoms with van der Waals surface area (Å²) in [5.41, 5.74) is 0.518. The minimum absolute atomic E-state index is 0.110. The maximum Gasteiger partial charge on any atom is 0.272 e. The number of benzene rings is 2. The topological polar surface area (TPSA) is 90.7 Å². The third-order valence-corrected chi connectivity index (χ3v) is 3.94. The summed E-state index contributed by atoms with van der Waals surface area (Å²) in [4.78, 5) is 22.1. The van der Waals surface area contributed by atoms with Gasteiger partial charge in [-0.15, -0.1) is 0 Å². The van der Waals surface area contributed by atoms with Gasteiger partial charge in [0.05, 0.1) is 24.1 Å². The minimum Gasteiger partial charge on any atom is -0.497 e. The second-order valence-electron chi connectivity index (χ2n) is 6.22. The van der Waals surface area contributed by atoms with Gasteiger partial charge in [0.15, 0.2) is 18.2 Å². The van der Waals surface area contributed by atoms with E-state index in [1.807, 2.05) is 26.0 Å². The van der Waals surface area contributed by atoms with Crippen LogP contribution in [-0.4, -0.2) is 24.5 Å². The van der Waals surface area contributed by atoms with Gasteiger partial charge in [0, 0.05) is 6.07 Å². The van der Waals surface area contributed by atoms with E-state index >= 15 is 0 Å². The normalized spacial score (nSPS) is 11.7. The molecule has 1 amide bonds. The molecule has 0 spiro atoms. The van der Waals surface area contributed by atoms with Crippen molar-refractivity contribution in [3.05, 3.63) is 64.0 Å². The van der Waals surface area contributed by atoms with Gasteiger partial charge in [-0.3, -0.25) is 14.9 Å². The van der Waals surface area contributed by atoms with Crippen LogP contribution in [-0.2, 0) is 4.79 Å². The fourth-order valence-electron chi connectivity index (χ4n) is 2.52. The van der Waals surface area contributed by atoms with Gasteiger partial charge in [-0.05, 0) is 29.7 Å². The summed E-state index contributed by atoms with van der Waals surface area (Å²) in [5.74, 6) is -0.723. The van der Waals surface area contributed by atoms with E-state index < -0.39 is 23.3 Å². The van der Waals surface area contributed by atoms with Gasteiger partial charge in [0.1, 0.15) is 5.75 Å². The fraction of sp³-hybridized carbons (Fsp3) is 0.316. The first-order valence-electron chi connectivity index (χ1n) is 8.32. The second-order valence-corrected chi connectivity index (χ2v) is 6.22. The molecule has 7 nitrogen and oxygen atoms in total. The van der Waals surface area contributed by atoms with Crippen molar-refractivity contribution in [1.82, 2.24) is 5.32 Å². The molecular weight excluding hydrogens is 355 g/mol. The molecule has 0 aliphatic heterocycles. The summed E-state index contributed by atoms with van der Waals surface area (Å²) in [6.07, 6.45) is 0. The number of hydrogen-bond acceptors (Lipinski definition) is 5. The minimum atomic E-state index is -0.896. The molecular formula is C19H21FN2O5. The number of carbonyl (C=O) groups excluding carboxylic acids is 1. The van der Waals surface area contributed by atoms with Gasteiger partial charge in [-0.2, -0.15) is 0 Å². The van der Waals surface area contributed by atoms with Crippen molar-refractivity contribution < 1.29 is 23.6 Å². The number of rotatable bonds is 8. The number of methoxy groups -OCH3 is 1. The van der Waals surface area contributed by atoms with Gasteiger partial charge < -0.3 is 14.8 Å². The van der Waals surface area contributed by atoms with Crippen molar-refractivity contribution in [1.29, 1.82) is 0 Å². The number of non-ortho nitro benzene ring substituents is 1. The quantitative estimate of drug-likeness (QED) is 0.561. The highest BCUT2D eigenvalue weighted by Gasteiger charge is 2.19. The van der Waals surface area contributed by atoms with Crippen LogP contribution in [0.5, 0.6) is 11.5 Å². The van der Waals surface area contributed by atoms with Gasteiger partial charge in [-0.25, -0.2) is 4.39 Å². The number of nitrogens with one attached hydrogen (secondary N) is 1. The van der Waals surface area contributed by atoms with E-state index in [4.69, 9.17) is 9.47 Å². The molecule has 0 saturated carbocycles. The van der Waals surface area contributed by atoms with Crippen molar-refractivity contribution in [3.63, 3.8) is 0 Å². The molecule has 1 N–H and O–H groups in total. The lowest BCUT2D eigenvalue weighted by Crippen LogP contribution is -2.35. The number of amides is 1. The van der Waals surface area contributed by atoms with Crippen molar-refractivity contribution >= 4 is 11.6 Å². The summed E-state index contributed by atoms with van der Waals surface area (Å²) in [5, 5.41) is 13.5. The van der Waals surface area contributed by atoms with E-state index in [-0.39, 0.29) is 23.4 Å². The Hall–Kier alpha value is -3.16. The Morgan fingerprint density at radius 2 is 1.89 bits per heavy atom. The standard InChI is InChI=1S/C19H21FN2O5/c1-12(2)19(13-4-7-15(26-3)8-5-13)21-18(23)11-27-17-9-6-14(22(24)25)10-16(17)20/h4-10,12,19H,11H2,1-3H3,(H,21,23). The van der Waals surface area contributed by atoms with Gasteiger partial charge in [-0.1, -0.05) is 26.0 Å². The maximum atomic E-state index is 13.8. The molecule has 0 radical (unpaired) electrons. The van der Waals surface area contributed by atoms with Crippen LogP contribution in [0, 0.1) is 21.8 Å². The summed E-state index contributed by atoms with van der Waals surface area (Å²) in [7, 11) is 1.57. The number of nitro groups is 1. The molecule has 0 aromatic heterocycles. The highest BCUT2D eigenvalue weighted by Crippen LogP contribution is 2.25. The molecule has 0 aliphatic rings. The summed E-state index contributed by atoms with van der Waals surface area (Å²) in [6, 6.07) is 10.1. The first kappa shape index (κ1) is 20.2. The summed E-state index contributed by atoms with van der Waals surface area (Å²) < 4.78 is 24.1. The lowest BCUT2D eigenvalue weighted by Gasteiger charge is -2.23. The average Bonchev–Trinajstić information content (AvgIpc) is 2.64. The largest absolute Gasteiger partial charge is 0.497 e. The Morgan fingerprint density at radius 3 is 2.41 bits per heavy atom. The highest BCUT2D eigenvalue weighted by atomic mass is 19.1. The van der Waals surface area contributed by atoms with Gasteiger partial charge >= 0.3 is 0 Å². The van der Waals surface area contributed by atoms with Crippen molar-refractivity contribution in [2.45, 2.75) is 19.9 Å². The molecule has 0 fully saturated rings. The van der Waals surface area contributed by atoms with E-state index in [2.05, 4.69) is 5.32 Å². The molecule has 2 aromatic rings. The molecule has 8 heteroatoms.